The molecule has 0 atom stereocenters. The Morgan fingerprint density at radius 1 is 1.29 bits per heavy atom. The average molecular weight is 214 g/mol. The smallest absolute Gasteiger partial charge is 0.300 e. The summed E-state index contributed by atoms with van der Waals surface area (Å²) in [4.78, 5) is 11.6. The van der Waals surface area contributed by atoms with Crippen molar-refractivity contribution >= 4 is 11.8 Å². The van der Waals surface area contributed by atoms with E-state index in [0.717, 1.165) is 31.0 Å². The summed E-state index contributed by atoms with van der Waals surface area (Å²) in [6.45, 7) is 5.75. The third-order valence-electron chi connectivity index (χ3n) is 2.15. The summed E-state index contributed by atoms with van der Waals surface area (Å²) < 4.78 is 3.52. The van der Waals surface area contributed by atoms with E-state index in [1.807, 2.05) is 31.1 Å². The van der Waals surface area contributed by atoms with Crippen LogP contribution in [0.1, 0.15) is 20.3 Å². The molecule has 4 heteroatoms. The van der Waals surface area contributed by atoms with Gasteiger partial charge in [0.1, 0.15) is 0 Å². The van der Waals surface area contributed by atoms with Gasteiger partial charge in [-0.2, -0.15) is 11.8 Å². The molecule has 0 aliphatic heterocycles. The lowest BCUT2D eigenvalue weighted by molar-refractivity contribution is 0.620. The zero-order valence-corrected chi connectivity index (χ0v) is 9.72. The van der Waals surface area contributed by atoms with Crippen LogP contribution in [0.4, 0.5) is 0 Å². The van der Waals surface area contributed by atoms with E-state index in [-0.39, 0.29) is 5.69 Å². The molecule has 0 saturated heterocycles. The number of thioether (sulfide) groups is 1. The molecular formula is C10H18N2OS. The molecule has 0 fully saturated rings. The normalized spacial score (nSPS) is 10.7. The quantitative estimate of drug-likeness (QED) is 0.675. The monoisotopic (exact) mass is 214 g/mol. The maximum Gasteiger partial charge on any atom is 0.328 e. The first-order valence-electron chi connectivity index (χ1n) is 5.13. The summed E-state index contributed by atoms with van der Waals surface area (Å²) >= 11 is 1.92. The maximum atomic E-state index is 11.6. The highest BCUT2D eigenvalue weighted by Gasteiger charge is 2.00. The number of rotatable bonds is 6. The van der Waals surface area contributed by atoms with Crippen LogP contribution in [0.15, 0.2) is 17.2 Å². The van der Waals surface area contributed by atoms with E-state index in [0.29, 0.717) is 0 Å². The molecular weight excluding hydrogens is 196 g/mol. The van der Waals surface area contributed by atoms with E-state index in [9.17, 15) is 4.79 Å². The largest absolute Gasteiger partial charge is 0.328 e. The third-order valence-corrected chi connectivity index (χ3v) is 3.14. The zero-order valence-electron chi connectivity index (χ0n) is 8.90. The Kier molecular flexibility index (Phi) is 4.87. The fraction of sp³-hybridized carbons (Fsp3) is 0.700. The van der Waals surface area contributed by atoms with Crippen molar-refractivity contribution < 1.29 is 0 Å². The zero-order chi connectivity index (χ0) is 10.4. The Labute approximate surface area is 89.1 Å². The number of hydrogen-bond donors (Lipinski definition) is 0. The standard InChI is InChI=1S/C10H18N2OS/c1-3-11-7-8-12(10(11)13)6-5-9-14-4-2/h7-8H,3-6,9H2,1-2H3. The Bertz CT molecular complexity index is 316. The van der Waals surface area contributed by atoms with Gasteiger partial charge in [-0.15, -0.1) is 0 Å². The molecule has 0 saturated carbocycles. The van der Waals surface area contributed by atoms with E-state index in [1.54, 1.807) is 9.13 Å². The predicted octanol–water partition coefficient (Wildman–Crippen LogP) is 1.81. The number of aromatic nitrogens is 2. The molecule has 0 unspecified atom stereocenters. The summed E-state index contributed by atoms with van der Waals surface area (Å²) in [6.07, 6.45) is 4.81. The molecule has 14 heavy (non-hydrogen) atoms. The predicted molar refractivity (Wildman–Crippen MR) is 62.0 cm³/mol. The highest BCUT2D eigenvalue weighted by atomic mass is 32.2. The molecule has 1 heterocycles. The van der Waals surface area contributed by atoms with E-state index >= 15 is 0 Å². The molecule has 0 bridgehead atoms. The molecule has 0 amide bonds. The molecule has 0 aliphatic rings. The van der Waals surface area contributed by atoms with Crippen LogP contribution >= 0.6 is 11.8 Å². The van der Waals surface area contributed by atoms with Crippen LogP contribution in [0.25, 0.3) is 0 Å². The Balaban J connectivity index is 2.43. The molecule has 1 aromatic rings. The minimum Gasteiger partial charge on any atom is -0.300 e. The van der Waals surface area contributed by atoms with Gasteiger partial charge < -0.3 is 0 Å². The van der Waals surface area contributed by atoms with Gasteiger partial charge in [0.15, 0.2) is 0 Å². The molecule has 0 aromatic carbocycles. The Hall–Kier alpha value is -0.640. The van der Waals surface area contributed by atoms with Crippen molar-refractivity contribution in [3.05, 3.63) is 22.9 Å². The molecule has 0 spiro atoms. The molecule has 0 radical (unpaired) electrons. The Morgan fingerprint density at radius 3 is 2.57 bits per heavy atom. The second-order valence-corrected chi connectivity index (χ2v) is 4.50. The summed E-state index contributed by atoms with van der Waals surface area (Å²) in [7, 11) is 0. The second-order valence-electron chi connectivity index (χ2n) is 3.11. The minimum absolute atomic E-state index is 0.119. The number of nitrogens with zero attached hydrogens (tertiary/aromatic N) is 2. The minimum atomic E-state index is 0.119. The summed E-state index contributed by atoms with van der Waals surface area (Å²) in [5, 5.41) is 0. The Morgan fingerprint density at radius 2 is 2.00 bits per heavy atom. The molecule has 0 aliphatic carbocycles. The van der Waals surface area contributed by atoms with Crippen molar-refractivity contribution in [3.8, 4) is 0 Å². The van der Waals surface area contributed by atoms with Crippen LogP contribution < -0.4 is 5.69 Å². The summed E-state index contributed by atoms with van der Waals surface area (Å²) in [6, 6.07) is 0. The van der Waals surface area contributed by atoms with Crippen molar-refractivity contribution in [2.75, 3.05) is 11.5 Å². The molecule has 1 aromatic heterocycles. The third kappa shape index (κ3) is 2.94. The fourth-order valence-corrected chi connectivity index (χ4v) is 1.97. The van der Waals surface area contributed by atoms with Crippen molar-refractivity contribution in [2.45, 2.75) is 33.4 Å². The number of aryl methyl sites for hydroxylation is 2. The van der Waals surface area contributed by atoms with Gasteiger partial charge in [0.05, 0.1) is 0 Å². The highest BCUT2D eigenvalue weighted by molar-refractivity contribution is 7.99. The average Bonchev–Trinajstić information content (AvgIpc) is 2.55. The first-order valence-corrected chi connectivity index (χ1v) is 6.28. The highest BCUT2D eigenvalue weighted by Crippen LogP contribution is 2.01. The van der Waals surface area contributed by atoms with Crippen LogP contribution in [0.5, 0.6) is 0 Å². The number of hydrogen-bond acceptors (Lipinski definition) is 2. The van der Waals surface area contributed by atoms with E-state index in [4.69, 9.17) is 0 Å². The lowest BCUT2D eigenvalue weighted by Gasteiger charge is -2.00. The van der Waals surface area contributed by atoms with Gasteiger partial charge in [0.25, 0.3) is 0 Å². The van der Waals surface area contributed by atoms with E-state index in [2.05, 4.69) is 6.92 Å². The first kappa shape index (κ1) is 11.4. The molecule has 0 N–H and O–H groups in total. The summed E-state index contributed by atoms with van der Waals surface area (Å²) in [5.41, 5.74) is 0.119. The van der Waals surface area contributed by atoms with Gasteiger partial charge in [-0.1, -0.05) is 6.92 Å². The summed E-state index contributed by atoms with van der Waals surface area (Å²) in [5.74, 6) is 2.30. The fourth-order valence-electron chi connectivity index (χ4n) is 1.35. The first-order chi connectivity index (χ1) is 6.79. The molecule has 3 nitrogen and oxygen atoms in total. The van der Waals surface area contributed by atoms with E-state index < -0.39 is 0 Å². The van der Waals surface area contributed by atoms with Gasteiger partial charge in [-0.25, -0.2) is 4.79 Å². The number of imidazole rings is 1. The second kappa shape index (κ2) is 5.96. The van der Waals surface area contributed by atoms with Crippen LogP contribution in [-0.2, 0) is 13.1 Å². The SMILES string of the molecule is CCSCCCn1ccn(CC)c1=O. The topological polar surface area (TPSA) is 26.9 Å². The van der Waals surface area contributed by atoms with Crippen LogP contribution in [-0.4, -0.2) is 20.6 Å². The van der Waals surface area contributed by atoms with Crippen LogP contribution in [0, 0.1) is 0 Å². The van der Waals surface area contributed by atoms with Gasteiger partial charge in [-0.05, 0) is 24.9 Å². The van der Waals surface area contributed by atoms with Crippen molar-refractivity contribution in [1.29, 1.82) is 0 Å². The lowest BCUT2D eigenvalue weighted by atomic mass is 10.5. The van der Waals surface area contributed by atoms with Crippen LogP contribution in [0.3, 0.4) is 0 Å². The van der Waals surface area contributed by atoms with Crippen molar-refractivity contribution in [3.63, 3.8) is 0 Å². The van der Waals surface area contributed by atoms with Gasteiger partial charge >= 0.3 is 5.69 Å². The van der Waals surface area contributed by atoms with Gasteiger partial charge in [-0.3, -0.25) is 9.13 Å². The van der Waals surface area contributed by atoms with Gasteiger partial charge in [0, 0.05) is 25.5 Å². The lowest BCUT2D eigenvalue weighted by Crippen LogP contribution is -2.23. The van der Waals surface area contributed by atoms with Crippen LogP contribution in [0.2, 0.25) is 0 Å². The van der Waals surface area contributed by atoms with Gasteiger partial charge in [0.2, 0.25) is 0 Å². The van der Waals surface area contributed by atoms with Crippen molar-refractivity contribution in [2.24, 2.45) is 0 Å². The van der Waals surface area contributed by atoms with Crippen molar-refractivity contribution in [1.82, 2.24) is 9.13 Å². The molecule has 1 rings (SSSR count). The van der Waals surface area contributed by atoms with E-state index in [1.165, 1.54) is 0 Å². The maximum absolute atomic E-state index is 11.6. The molecule has 80 valence electrons.